The van der Waals surface area contributed by atoms with Gasteiger partial charge in [-0.05, 0) is 44.5 Å². The number of methoxy groups -OCH3 is 1. The molecule has 0 aliphatic carbocycles. The molecular weight excluding hydrogens is 264 g/mol. The molecule has 0 saturated carbocycles. The lowest BCUT2D eigenvalue weighted by Crippen LogP contribution is -2.49. The Bertz CT molecular complexity index is 432. The van der Waals surface area contributed by atoms with Crippen molar-refractivity contribution in [2.24, 2.45) is 0 Å². The first-order chi connectivity index (χ1) is 8.83. The SMILES string of the molecule is CCC(C)(C)N(Cl)N(C)C(=O)c1ccc(OC)cc1. The third-order valence-electron chi connectivity index (χ3n) is 3.26. The third kappa shape index (κ3) is 3.61. The first kappa shape index (κ1) is 15.8. The fourth-order valence-corrected chi connectivity index (χ4v) is 1.72. The zero-order valence-electron chi connectivity index (χ0n) is 12.1. The summed E-state index contributed by atoms with van der Waals surface area (Å²) < 4.78 is 6.51. The Morgan fingerprint density at radius 1 is 1.32 bits per heavy atom. The van der Waals surface area contributed by atoms with E-state index in [1.165, 1.54) is 9.54 Å². The minimum Gasteiger partial charge on any atom is -0.497 e. The second kappa shape index (κ2) is 6.26. The lowest BCUT2D eigenvalue weighted by molar-refractivity contribution is 0.00944. The van der Waals surface area contributed by atoms with Crippen LogP contribution in [0.25, 0.3) is 0 Å². The van der Waals surface area contributed by atoms with E-state index in [1.807, 2.05) is 20.8 Å². The smallest absolute Gasteiger partial charge is 0.268 e. The zero-order valence-corrected chi connectivity index (χ0v) is 12.9. The van der Waals surface area contributed by atoms with E-state index in [0.717, 1.165) is 12.2 Å². The number of benzene rings is 1. The Morgan fingerprint density at radius 2 is 1.84 bits per heavy atom. The van der Waals surface area contributed by atoms with Crippen molar-refractivity contribution in [3.63, 3.8) is 0 Å². The van der Waals surface area contributed by atoms with Crippen molar-refractivity contribution in [1.29, 1.82) is 0 Å². The van der Waals surface area contributed by atoms with Gasteiger partial charge in [0.05, 0.1) is 12.6 Å². The summed E-state index contributed by atoms with van der Waals surface area (Å²) >= 11 is 6.24. The van der Waals surface area contributed by atoms with Crippen LogP contribution in [0.4, 0.5) is 0 Å². The fourth-order valence-electron chi connectivity index (χ4n) is 1.54. The van der Waals surface area contributed by atoms with Gasteiger partial charge in [0.2, 0.25) is 0 Å². The molecule has 0 bridgehead atoms. The number of amides is 1. The van der Waals surface area contributed by atoms with Crippen LogP contribution in [0.5, 0.6) is 5.75 Å². The second-order valence-electron chi connectivity index (χ2n) is 4.98. The predicted octanol–water partition coefficient (Wildman–Crippen LogP) is 3.33. The highest BCUT2D eigenvalue weighted by Crippen LogP contribution is 2.24. The molecule has 106 valence electrons. The van der Waals surface area contributed by atoms with Gasteiger partial charge in [0, 0.05) is 24.4 Å². The van der Waals surface area contributed by atoms with Crippen molar-refractivity contribution < 1.29 is 9.53 Å². The van der Waals surface area contributed by atoms with Gasteiger partial charge >= 0.3 is 0 Å². The van der Waals surface area contributed by atoms with Gasteiger partial charge in [-0.25, -0.2) is 0 Å². The molecule has 0 unspecified atom stereocenters. The van der Waals surface area contributed by atoms with Crippen LogP contribution in [0, 0.1) is 0 Å². The summed E-state index contributed by atoms with van der Waals surface area (Å²) in [4.78, 5) is 12.3. The van der Waals surface area contributed by atoms with E-state index in [-0.39, 0.29) is 11.4 Å². The Hall–Kier alpha value is -1.26. The van der Waals surface area contributed by atoms with Crippen LogP contribution in [0.2, 0.25) is 0 Å². The molecule has 19 heavy (non-hydrogen) atoms. The molecule has 4 nitrogen and oxygen atoms in total. The summed E-state index contributed by atoms with van der Waals surface area (Å²) in [5.41, 5.74) is 0.277. The summed E-state index contributed by atoms with van der Waals surface area (Å²) in [6, 6.07) is 6.96. The number of halogens is 1. The van der Waals surface area contributed by atoms with Gasteiger partial charge in [-0.15, -0.1) is 4.53 Å². The number of carbonyl (C=O) groups excluding carboxylic acids is 1. The summed E-state index contributed by atoms with van der Waals surface area (Å²) in [5, 5.41) is 1.42. The highest BCUT2D eigenvalue weighted by molar-refractivity contribution is 6.14. The Morgan fingerprint density at radius 3 is 2.26 bits per heavy atom. The number of rotatable bonds is 5. The number of carbonyl (C=O) groups is 1. The maximum Gasteiger partial charge on any atom is 0.268 e. The van der Waals surface area contributed by atoms with Gasteiger partial charge in [0.15, 0.2) is 0 Å². The fraction of sp³-hybridized carbons (Fsp3) is 0.500. The molecule has 0 spiro atoms. The number of hydrazine groups is 1. The van der Waals surface area contributed by atoms with Crippen LogP contribution in [-0.4, -0.2) is 35.1 Å². The second-order valence-corrected chi connectivity index (χ2v) is 5.30. The van der Waals surface area contributed by atoms with E-state index in [9.17, 15) is 4.79 Å². The van der Waals surface area contributed by atoms with Crippen LogP contribution >= 0.6 is 11.8 Å². The van der Waals surface area contributed by atoms with E-state index < -0.39 is 0 Å². The quantitative estimate of drug-likeness (QED) is 0.614. The Balaban J connectivity index is 2.87. The standard InChI is InChI=1S/C14H21ClN2O2/c1-6-14(2,3)17(15)16(4)13(18)11-7-9-12(19-5)10-8-11/h7-10H,6H2,1-5H3. The average Bonchev–Trinajstić information content (AvgIpc) is 2.44. The van der Waals surface area contributed by atoms with Crippen molar-refractivity contribution in [3.05, 3.63) is 29.8 Å². The monoisotopic (exact) mass is 284 g/mol. The molecule has 1 amide bonds. The van der Waals surface area contributed by atoms with Crippen molar-refractivity contribution >= 4 is 17.7 Å². The minimum absolute atomic E-state index is 0.154. The van der Waals surface area contributed by atoms with Crippen LogP contribution in [0.1, 0.15) is 37.6 Å². The lowest BCUT2D eigenvalue weighted by atomic mass is 10.0. The molecule has 0 saturated heterocycles. The zero-order chi connectivity index (χ0) is 14.6. The van der Waals surface area contributed by atoms with Crippen molar-refractivity contribution in [2.75, 3.05) is 14.2 Å². The highest BCUT2D eigenvalue weighted by Gasteiger charge is 2.30. The van der Waals surface area contributed by atoms with E-state index in [2.05, 4.69) is 0 Å². The van der Waals surface area contributed by atoms with E-state index in [0.29, 0.717) is 5.56 Å². The van der Waals surface area contributed by atoms with Gasteiger partial charge in [0.1, 0.15) is 5.75 Å². The summed E-state index contributed by atoms with van der Waals surface area (Å²) in [6.45, 7) is 6.00. The number of hydrogen-bond donors (Lipinski definition) is 0. The highest BCUT2D eigenvalue weighted by atomic mass is 35.5. The molecular formula is C14H21ClN2O2. The molecule has 0 fully saturated rings. The largest absolute Gasteiger partial charge is 0.497 e. The van der Waals surface area contributed by atoms with Gasteiger partial charge in [-0.2, -0.15) is 0 Å². The number of nitrogens with zero attached hydrogens (tertiary/aromatic N) is 2. The molecule has 0 heterocycles. The first-order valence-corrected chi connectivity index (χ1v) is 6.55. The molecule has 0 aliphatic heterocycles. The summed E-state index contributed by atoms with van der Waals surface area (Å²) in [6.07, 6.45) is 0.830. The van der Waals surface area contributed by atoms with Gasteiger partial charge in [-0.3, -0.25) is 9.80 Å². The Labute approximate surface area is 120 Å². The molecule has 1 aromatic rings. The maximum atomic E-state index is 12.3. The van der Waals surface area contributed by atoms with E-state index in [4.69, 9.17) is 16.5 Å². The third-order valence-corrected chi connectivity index (χ3v) is 3.94. The van der Waals surface area contributed by atoms with Crippen LogP contribution in [0.3, 0.4) is 0 Å². The molecule has 0 N–H and O–H groups in total. The van der Waals surface area contributed by atoms with Crippen LogP contribution in [-0.2, 0) is 0 Å². The van der Waals surface area contributed by atoms with E-state index >= 15 is 0 Å². The first-order valence-electron chi connectivity index (χ1n) is 6.21. The molecule has 1 aromatic carbocycles. The van der Waals surface area contributed by atoms with Gasteiger partial charge in [0.25, 0.3) is 5.91 Å². The predicted molar refractivity (Wildman–Crippen MR) is 77.1 cm³/mol. The summed E-state index contributed by atoms with van der Waals surface area (Å²) in [7, 11) is 3.25. The molecule has 0 aliphatic rings. The topological polar surface area (TPSA) is 32.8 Å². The van der Waals surface area contributed by atoms with Crippen molar-refractivity contribution in [1.82, 2.24) is 9.54 Å². The minimum atomic E-state index is -0.293. The molecule has 0 aromatic heterocycles. The normalized spacial score (nSPS) is 11.5. The van der Waals surface area contributed by atoms with Crippen LogP contribution < -0.4 is 4.74 Å². The molecule has 5 heteroatoms. The summed E-state index contributed by atoms with van der Waals surface area (Å²) in [5.74, 6) is 0.565. The Kier molecular flexibility index (Phi) is 5.20. The maximum absolute atomic E-state index is 12.3. The van der Waals surface area contributed by atoms with Gasteiger partial charge in [-0.1, -0.05) is 6.92 Å². The molecule has 0 radical (unpaired) electrons. The van der Waals surface area contributed by atoms with Crippen LogP contribution in [0.15, 0.2) is 24.3 Å². The lowest BCUT2D eigenvalue weighted by Gasteiger charge is -2.37. The van der Waals surface area contributed by atoms with Gasteiger partial charge < -0.3 is 4.74 Å². The molecule has 0 atom stereocenters. The number of hydrogen-bond acceptors (Lipinski definition) is 3. The average molecular weight is 285 g/mol. The van der Waals surface area contributed by atoms with E-state index in [1.54, 1.807) is 38.4 Å². The van der Waals surface area contributed by atoms with Crippen molar-refractivity contribution in [2.45, 2.75) is 32.7 Å². The number of ether oxygens (including phenoxy) is 1. The van der Waals surface area contributed by atoms with Crippen molar-refractivity contribution in [3.8, 4) is 5.75 Å². The molecule has 1 rings (SSSR count).